The van der Waals surface area contributed by atoms with Crippen molar-refractivity contribution < 1.29 is 13.2 Å². The fourth-order valence-electron chi connectivity index (χ4n) is 2.70. The molecule has 0 amide bonds. The van der Waals surface area contributed by atoms with Gasteiger partial charge in [-0.25, -0.2) is 8.42 Å². The average Bonchev–Trinajstić information content (AvgIpc) is 2.84. The van der Waals surface area contributed by atoms with Gasteiger partial charge in [-0.05, 0) is 33.4 Å². The smallest absolute Gasteiger partial charge is 0.178 e. The zero-order valence-corrected chi connectivity index (χ0v) is 13.3. The topological polar surface area (TPSA) is 59.4 Å². The lowest BCUT2D eigenvalue weighted by Crippen LogP contribution is -2.36. The number of carbonyl (C=O) groups excluding carboxylic acids is 1. The standard InChI is InChI=1S/C14H22N2O3S/c1-10-7-13(11(2)16(10)4)14(17)8-15(3)12-5-6-20(18,19)9-12/h7,12H,5-6,8-9H2,1-4H3. The van der Waals surface area contributed by atoms with Gasteiger partial charge in [-0.2, -0.15) is 0 Å². The molecule has 112 valence electrons. The van der Waals surface area contributed by atoms with E-state index in [1.807, 2.05) is 43.5 Å². The first-order valence-electron chi connectivity index (χ1n) is 6.78. The number of hydrogen-bond acceptors (Lipinski definition) is 4. The summed E-state index contributed by atoms with van der Waals surface area (Å²) in [7, 11) is 0.858. The third kappa shape index (κ3) is 2.96. The quantitative estimate of drug-likeness (QED) is 0.776. The van der Waals surface area contributed by atoms with E-state index in [-0.39, 0.29) is 29.9 Å². The fraction of sp³-hybridized carbons (Fsp3) is 0.643. The van der Waals surface area contributed by atoms with E-state index in [0.717, 1.165) is 17.0 Å². The van der Waals surface area contributed by atoms with Crippen molar-refractivity contribution in [3.8, 4) is 0 Å². The van der Waals surface area contributed by atoms with Crippen LogP contribution in [0, 0.1) is 13.8 Å². The van der Waals surface area contributed by atoms with Gasteiger partial charge in [0.25, 0.3) is 0 Å². The first-order chi connectivity index (χ1) is 9.21. The molecule has 2 heterocycles. The summed E-state index contributed by atoms with van der Waals surface area (Å²) in [6.07, 6.45) is 0.624. The number of nitrogens with zero attached hydrogens (tertiary/aromatic N) is 2. The number of carbonyl (C=O) groups is 1. The lowest BCUT2D eigenvalue weighted by molar-refractivity contribution is 0.0926. The van der Waals surface area contributed by atoms with Gasteiger partial charge >= 0.3 is 0 Å². The summed E-state index contributed by atoms with van der Waals surface area (Å²) in [5.74, 6) is 0.460. The third-order valence-corrected chi connectivity index (χ3v) is 6.05. The lowest BCUT2D eigenvalue weighted by Gasteiger charge is -2.22. The van der Waals surface area contributed by atoms with Gasteiger partial charge in [0, 0.05) is 30.0 Å². The van der Waals surface area contributed by atoms with Gasteiger partial charge in [-0.3, -0.25) is 9.69 Å². The van der Waals surface area contributed by atoms with E-state index in [4.69, 9.17) is 0 Å². The number of sulfone groups is 1. The van der Waals surface area contributed by atoms with Gasteiger partial charge in [0.15, 0.2) is 15.6 Å². The summed E-state index contributed by atoms with van der Waals surface area (Å²) < 4.78 is 25.0. The molecule has 0 spiro atoms. The van der Waals surface area contributed by atoms with Crippen molar-refractivity contribution in [2.45, 2.75) is 26.3 Å². The van der Waals surface area contributed by atoms with Crippen LogP contribution >= 0.6 is 0 Å². The van der Waals surface area contributed by atoms with E-state index >= 15 is 0 Å². The highest BCUT2D eigenvalue weighted by molar-refractivity contribution is 7.91. The van der Waals surface area contributed by atoms with Crippen LogP contribution in [0.2, 0.25) is 0 Å². The number of hydrogen-bond donors (Lipinski definition) is 0. The molecule has 0 aliphatic carbocycles. The van der Waals surface area contributed by atoms with Crippen LogP contribution in [0.25, 0.3) is 0 Å². The van der Waals surface area contributed by atoms with Gasteiger partial charge in [-0.15, -0.1) is 0 Å². The zero-order valence-electron chi connectivity index (χ0n) is 12.5. The van der Waals surface area contributed by atoms with Crippen molar-refractivity contribution in [1.82, 2.24) is 9.47 Å². The summed E-state index contributed by atoms with van der Waals surface area (Å²) in [6.45, 7) is 4.17. The minimum absolute atomic E-state index is 0.0333. The van der Waals surface area contributed by atoms with Gasteiger partial charge in [0.1, 0.15) is 0 Å². The Bertz CT molecular complexity index is 631. The molecule has 1 aromatic heterocycles. The van der Waals surface area contributed by atoms with Gasteiger partial charge in [0.05, 0.1) is 18.1 Å². The summed E-state index contributed by atoms with van der Waals surface area (Å²) in [5.41, 5.74) is 2.74. The second kappa shape index (κ2) is 5.33. The van der Waals surface area contributed by atoms with Crippen LogP contribution in [-0.2, 0) is 16.9 Å². The second-order valence-corrected chi connectivity index (χ2v) is 7.97. The molecule has 0 N–H and O–H groups in total. The Hall–Kier alpha value is -1.14. The molecular weight excluding hydrogens is 276 g/mol. The molecule has 20 heavy (non-hydrogen) atoms. The van der Waals surface area contributed by atoms with Crippen molar-refractivity contribution in [3.05, 3.63) is 23.0 Å². The minimum Gasteiger partial charge on any atom is -0.351 e. The molecule has 6 heteroatoms. The molecular formula is C14H22N2O3S. The summed E-state index contributed by atoms with van der Waals surface area (Å²) in [5, 5.41) is 0. The number of likely N-dealkylation sites (N-methyl/N-ethyl adjacent to an activating group) is 1. The first kappa shape index (κ1) is 15.3. The van der Waals surface area contributed by atoms with Gasteiger partial charge < -0.3 is 4.57 Å². The Morgan fingerprint density at radius 2 is 2.10 bits per heavy atom. The number of Topliss-reactive ketones (excluding diaryl/α,β-unsaturated/α-hetero) is 1. The van der Waals surface area contributed by atoms with E-state index in [1.54, 1.807) is 0 Å². The van der Waals surface area contributed by atoms with Crippen LogP contribution in [-0.4, -0.2) is 54.8 Å². The van der Waals surface area contributed by atoms with E-state index < -0.39 is 9.84 Å². The first-order valence-corrected chi connectivity index (χ1v) is 8.60. The predicted molar refractivity (Wildman–Crippen MR) is 78.9 cm³/mol. The molecule has 0 radical (unpaired) electrons. The van der Waals surface area contributed by atoms with Crippen LogP contribution in [0.5, 0.6) is 0 Å². The van der Waals surface area contributed by atoms with E-state index in [9.17, 15) is 13.2 Å². The van der Waals surface area contributed by atoms with Crippen molar-refractivity contribution in [3.63, 3.8) is 0 Å². The lowest BCUT2D eigenvalue weighted by atomic mass is 10.1. The molecule has 2 rings (SSSR count). The Morgan fingerprint density at radius 3 is 2.55 bits per heavy atom. The monoisotopic (exact) mass is 298 g/mol. The maximum absolute atomic E-state index is 12.4. The maximum Gasteiger partial charge on any atom is 0.178 e. The number of ketones is 1. The molecule has 0 saturated carbocycles. The molecule has 0 bridgehead atoms. The molecule has 0 aromatic carbocycles. The van der Waals surface area contributed by atoms with Crippen LogP contribution in [0.1, 0.15) is 28.2 Å². The molecule has 1 atom stereocenters. The second-order valence-electron chi connectivity index (χ2n) is 5.74. The Morgan fingerprint density at radius 1 is 1.45 bits per heavy atom. The van der Waals surface area contributed by atoms with E-state index in [0.29, 0.717) is 6.42 Å². The summed E-state index contributed by atoms with van der Waals surface area (Å²) >= 11 is 0. The highest BCUT2D eigenvalue weighted by Crippen LogP contribution is 2.18. The fourth-order valence-corrected chi connectivity index (χ4v) is 4.51. The molecule has 1 aliphatic rings. The van der Waals surface area contributed by atoms with Crippen LogP contribution < -0.4 is 0 Å². The highest BCUT2D eigenvalue weighted by Gasteiger charge is 2.31. The maximum atomic E-state index is 12.4. The Kier molecular flexibility index (Phi) is 4.07. The molecule has 1 saturated heterocycles. The average molecular weight is 298 g/mol. The molecule has 1 aliphatic heterocycles. The largest absolute Gasteiger partial charge is 0.351 e. The summed E-state index contributed by atoms with van der Waals surface area (Å²) in [4.78, 5) is 14.2. The zero-order chi connectivity index (χ0) is 15.1. The predicted octanol–water partition coefficient (Wildman–Crippen LogP) is 0.944. The number of rotatable bonds is 4. The van der Waals surface area contributed by atoms with Crippen molar-refractivity contribution >= 4 is 15.6 Å². The summed E-state index contributed by atoms with van der Waals surface area (Å²) in [6, 6.07) is 1.87. The Balaban J connectivity index is 2.06. The van der Waals surface area contributed by atoms with Crippen molar-refractivity contribution in [2.24, 2.45) is 7.05 Å². The normalized spacial score (nSPS) is 21.6. The molecule has 1 unspecified atom stereocenters. The third-order valence-electron chi connectivity index (χ3n) is 4.30. The molecule has 1 aromatic rings. The van der Waals surface area contributed by atoms with E-state index in [2.05, 4.69) is 0 Å². The van der Waals surface area contributed by atoms with Crippen LogP contribution in [0.3, 0.4) is 0 Å². The minimum atomic E-state index is -2.91. The van der Waals surface area contributed by atoms with Crippen LogP contribution in [0.15, 0.2) is 6.07 Å². The van der Waals surface area contributed by atoms with Gasteiger partial charge in [0.2, 0.25) is 0 Å². The molecule has 1 fully saturated rings. The van der Waals surface area contributed by atoms with Crippen molar-refractivity contribution in [2.75, 3.05) is 25.1 Å². The number of aromatic nitrogens is 1. The highest BCUT2D eigenvalue weighted by atomic mass is 32.2. The Labute approximate surface area is 120 Å². The van der Waals surface area contributed by atoms with E-state index in [1.165, 1.54) is 0 Å². The number of aryl methyl sites for hydroxylation is 1. The molecule has 5 nitrogen and oxygen atoms in total. The van der Waals surface area contributed by atoms with Gasteiger partial charge in [-0.1, -0.05) is 0 Å². The van der Waals surface area contributed by atoms with Crippen molar-refractivity contribution in [1.29, 1.82) is 0 Å². The SMILES string of the molecule is Cc1cc(C(=O)CN(C)C2CCS(=O)(=O)C2)c(C)n1C. The van der Waals surface area contributed by atoms with Crippen LogP contribution in [0.4, 0.5) is 0 Å².